The Balaban J connectivity index is 2.48. The summed E-state index contributed by atoms with van der Waals surface area (Å²) in [7, 11) is 0. The highest BCUT2D eigenvalue weighted by Crippen LogP contribution is 2.26. The van der Waals surface area contributed by atoms with E-state index in [1.54, 1.807) is 0 Å². The standard InChI is InChI=1S/C15H21ClN2/c1-10(2)17-9-14-7-12-5-6-13(16)8-15(12)18(14)11(3)4/h5-8,10-11,17H,9H2,1-4H3. The predicted molar refractivity (Wildman–Crippen MR) is 79.3 cm³/mol. The second-order valence-electron chi connectivity index (χ2n) is 5.34. The maximum absolute atomic E-state index is 6.10. The van der Waals surface area contributed by atoms with Crippen molar-refractivity contribution >= 4 is 22.5 Å². The van der Waals surface area contributed by atoms with E-state index < -0.39 is 0 Å². The highest BCUT2D eigenvalue weighted by Gasteiger charge is 2.11. The number of rotatable bonds is 4. The Labute approximate surface area is 114 Å². The van der Waals surface area contributed by atoms with Gasteiger partial charge in [-0.15, -0.1) is 0 Å². The zero-order chi connectivity index (χ0) is 13.3. The molecule has 2 rings (SSSR count). The molecule has 0 aliphatic carbocycles. The van der Waals surface area contributed by atoms with E-state index in [1.807, 2.05) is 6.07 Å². The maximum atomic E-state index is 6.10. The summed E-state index contributed by atoms with van der Waals surface area (Å²) >= 11 is 6.10. The molecule has 0 saturated carbocycles. The van der Waals surface area contributed by atoms with Crippen LogP contribution in [-0.2, 0) is 6.54 Å². The molecule has 0 saturated heterocycles. The van der Waals surface area contributed by atoms with Gasteiger partial charge < -0.3 is 9.88 Å². The molecule has 3 heteroatoms. The number of benzene rings is 1. The van der Waals surface area contributed by atoms with Gasteiger partial charge in [-0.3, -0.25) is 0 Å². The van der Waals surface area contributed by atoms with E-state index >= 15 is 0 Å². The number of hydrogen-bond donors (Lipinski definition) is 1. The fraction of sp³-hybridized carbons (Fsp3) is 0.467. The summed E-state index contributed by atoms with van der Waals surface area (Å²) in [5, 5.41) is 5.53. The number of halogens is 1. The van der Waals surface area contributed by atoms with E-state index in [-0.39, 0.29) is 0 Å². The van der Waals surface area contributed by atoms with Gasteiger partial charge in [-0.05, 0) is 32.0 Å². The molecule has 0 aliphatic rings. The van der Waals surface area contributed by atoms with Crippen molar-refractivity contribution in [3.05, 3.63) is 35.0 Å². The summed E-state index contributed by atoms with van der Waals surface area (Å²) in [6, 6.07) is 9.28. The molecular formula is C15H21ClN2. The number of aromatic nitrogens is 1. The topological polar surface area (TPSA) is 17.0 Å². The van der Waals surface area contributed by atoms with E-state index in [2.05, 4.69) is 55.8 Å². The van der Waals surface area contributed by atoms with Gasteiger partial charge in [-0.2, -0.15) is 0 Å². The van der Waals surface area contributed by atoms with Gasteiger partial charge in [-0.25, -0.2) is 0 Å². The molecule has 0 atom stereocenters. The Hall–Kier alpha value is -0.990. The van der Waals surface area contributed by atoms with Crippen molar-refractivity contribution in [1.82, 2.24) is 9.88 Å². The van der Waals surface area contributed by atoms with E-state index in [9.17, 15) is 0 Å². The smallest absolute Gasteiger partial charge is 0.0500 e. The van der Waals surface area contributed by atoms with Gasteiger partial charge in [-0.1, -0.05) is 31.5 Å². The Kier molecular flexibility index (Phi) is 3.98. The summed E-state index contributed by atoms with van der Waals surface area (Å²) in [6.45, 7) is 9.64. The summed E-state index contributed by atoms with van der Waals surface area (Å²) < 4.78 is 2.36. The third-order valence-corrected chi connectivity index (χ3v) is 3.33. The quantitative estimate of drug-likeness (QED) is 0.868. The Morgan fingerprint density at radius 2 is 1.89 bits per heavy atom. The minimum atomic E-state index is 0.435. The molecule has 0 fully saturated rings. The van der Waals surface area contributed by atoms with Crippen LogP contribution in [0.15, 0.2) is 24.3 Å². The molecule has 0 unspecified atom stereocenters. The lowest BCUT2D eigenvalue weighted by Crippen LogP contribution is -2.23. The van der Waals surface area contributed by atoms with Crippen LogP contribution in [0.1, 0.15) is 39.4 Å². The first-order chi connectivity index (χ1) is 8.49. The van der Waals surface area contributed by atoms with E-state index in [4.69, 9.17) is 11.6 Å². The zero-order valence-electron chi connectivity index (χ0n) is 11.5. The third kappa shape index (κ3) is 2.70. The zero-order valence-corrected chi connectivity index (χ0v) is 12.3. The first-order valence-electron chi connectivity index (χ1n) is 6.51. The highest BCUT2D eigenvalue weighted by atomic mass is 35.5. The molecule has 0 bridgehead atoms. The first-order valence-corrected chi connectivity index (χ1v) is 6.89. The minimum absolute atomic E-state index is 0.435. The summed E-state index contributed by atoms with van der Waals surface area (Å²) in [5.41, 5.74) is 2.54. The molecule has 2 aromatic rings. The summed E-state index contributed by atoms with van der Waals surface area (Å²) in [4.78, 5) is 0. The van der Waals surface area contributed by atoms with Crippen molar-refractivity contribution in [2.24, 2.45) is 0 Å². The van der Waals surface area contributed by atoms with Crippen LogP contribution in [0.2, 0.25) is 5.02 Å². The molecule has 0 amide bonds. The average molecular weight is 265 g/mol. The third-order valence-electron chi connectivity index (χ3n) is 3.09. The van der Waals surface area contributed by atoms with Crippen molar-refractivity contribution in [3.63, 3.8) is 0 Å². The van der Waals surface area contributed by atoms with Gasteiger partial charge in [0.05, 0.1) is 0 Å². The molecule has 2 nitrogen and oxygen atoms in total. The molecule has 1 N–H and O–H groups in total. The maximum Gasteiger partial charge on any atom is 0.0500 e. The van der Waals surface area contributed by atoms with Crippen LogP contribution in [0.25, 0.3) is 10.9 Å². The lowest BCUT2D eigenvalue weighted by atomic mass is 10.2. The van der Waals surface area contributed by atoms with Crippen LogP contribution >= 0.6 is 11.6 Å². The van der Waals surface area contributed by atoms with Crippen molar-refractivity contribution < 1.29 is 0 Å². The summed E-state index contributed by atoms with van der Waals surface area (Å²) in [6.07, 6.45) is 0. The van der Waals surface area contributed by atoms with Gasteiger partial charge >= 0.3 is 0 Å². The number of nitrogens with zero attached hydrogens (tertiary/aromatic N) is 1. The minimum Gasteiger partial charge on any atom is -0.341 e. The van der Waals surface area contributed by atoms with Crippen molar-refractivity contribution in [2.45, 2.75) is 46.3 Å². The molecule has 1 aromatic carbocycles. The van der Waals surface area contributed by atoms with E-state index in [0.717, 1.165) is 11.6 Å². The fourth-order valence-corrected chi connectivity index (χ4v) is 2.47. The Morgan fingerprint density at radius 3 is 2.50 bits per heavy atom. The van der Waals surface area contributed by atoms with Crippen LogP contribution in [0, 0.1) is 0 Å². The lowest BCUT2D eigenvalue weighted by Gasteiger charge is -2.16. The molecule has 1 aromatic heterocycles. The normalized spacial score (nSPS) is 11.9. The molecular weight excluding hydrogens is 244 g/mol. The van der Waals surface area contributed by atoms with Crippen molar-refractivity contribution in [1.29, 1.82) is 0 Å². The molecule has 0 aliphatic heterocycles. The molecule has 0 spiro atoms. The van der Waals surface area contributed by atoms with Crippen LogP contribution in [0.4, 0.5) is 0 Å². The average Bonchev–Trinajstić information content (AvgIpc) is 2.63. The molecule has 18 heavy (non-hydrogen) atoms. The SMILES string of the molecule is CC(C)NCc1cc2ccc(Cl)cc2n1C(C)C. The van der Waals surface area contributed by atoms with Gasteiger partial charge in [0, 0.05) is 40.2 Å². The largest absolute Gasteiger partial charge is 0.341 e. The first kappa shape index (κ1) is 13.4. The lowest BCUT2D eigenvalue weighted by molar-refractivity contribution is 0.534. The summed E-state index contributed by atoms with van der Waals surface area (Å²) in [5.74, 6) is 0. The van der Waals surface area contributed by atoms with Gasteiger partial charge in [0.25, 0.3) is 0 Å². The molecule has 98 valence electrons. The molecule has 0 radical (unpaired) electrons. The number of fused-ring (bicyclic) bond motifs is 1. The Morgan fingerprint density at radius 1 is 1.17 bits per heavy atom. The van der Waals surface area contributed by atoms with Crippen molar-refractivity contribution in [2.75, 3.05) is 0 Å². The van der Waals surface area contributed by atoms with Gasteiger partial charge in [0.2, 0.25) is 0 Å². The van der Waals surface area contributed by atoms with Crippen LogP contribution in [0.3, 0.4) is 0 Å². The second kappa shape index (κ2) is 5.33. The van der Waals surface area contributed by atoms with Crippen LogP contribution < -0.4 is 5.32 Å². The monoisotopic (exact) mass is 264 g/mol. The predicted octanol–water partition coefficient (Wildman–Crippen LogP) is 4.37. The van der Waals surface area contributed by atoms with Gasteiger partial charge in [0.1, 0.15) is 0 Å². The fourth-order valence-electron chi connectivity index (χ4n) is 2.31. The number of hydrogen-bond acceptors (Lipinski definition) is 1. The van der Waals surface area contributed by atoms with E-state index in [0.29, 0.717) is 12.1 Å². The highest BCUT2D eigenvalue weighted by molar-refractivity contribution is 6.31. The van der Waals surface area contributed by atoms with Crippen LogP contribution in [0.5, 0.6) is 0 Å². The van der Waals surface area contributed by atoms with Crippen LogP contribution in [-0.4, -0.2) is 10.6 Å². The van der Waals surface area contributed by atoms with Crippen molar-refractivity contribution in [3.8, 4) is 0 Å². The second-order valence-corrected chi connectivity index (χ2v) is 5.77. The van der Waals surface area contributed by atoms with Gasteiger partial charge in [0.15, 0.2) is 0 Å². The van der Waals surface area contributed by atoms with E-state index in [1.165, 1.54) is 16.6 Å². The molecule has 1 heterocycles. The number of nitrogens with one attached hydrogen (secondary N) is 1. The Bertz CT molecular complexity index is 541.